The average Bonchev–Trinajstić information content (AvgIpc) is 2.65. The number of halogens is 1. The van der Waals surface area contributed by atoms with Crippen LogP contribution in [-0.2, 0) is 11.3 Å². The highest BCUT2D eigenvalue weighted by Crippen LogP contribution is 2.37. The Morgan fingerprint density at radius 1 is 1.10 bits per heavy atom. The molecule has 4 nitrogen and oxygen atoms in total. The van der Waals surface area contributed by atoms with Crippen molar-refractivity contribution in [3.63, 3.8) is 0 Å². The Kier molecular flexibility index (Phi) is 3.66. The van der Waals surface area contributed by atoms with Crippen LogP contribution in [0.4, 0.5) is 9.18 Å². The van der Waals surface area contributed by atoms with Crippen molar-refractivity contribution in [3.05, 3.63) is 35.6 Å². The number of nitrogens with one attached hydrogen (secondary N) is 1. The summed E-state index contributed by atoms with van der Waals surface area (Å²) in [5, 5.41) is 2.42. The largest absolute Gasteiger partial charge is 0.325 e. The lowest BCUT2D eigenvalue weighted by atomic mass is 9.88. The number of nitrogens with zero attached hydrogens (tertiary/aromatic N) is 1. The molecule has 1 saturated heterocycles. The molecule has 0 aromatic heterocycles. The van der Waals surface area contributed by atoms with E-state index in [9.17, 15) is 14.0 Å². The molecule has 21 heavy (non-hydrogen) atoms. The second kappa shape index (κ2) is 5.47. The molecular weight excluding hydrogens is 271 g/mol. The first-order valence-electron chi connectivity index (χ1n) is 7.50. The molecule has 0 unspecified atom stereocenters. The van der Waals surface area contributed by atoms with Gasteiger partial charge in [-0.1, -0.05) is 43.9 Å². The zero-order valence-electron chi connectivity index (χ0n) is 11.9. The molecule has 1 aromatic rings. The van der Waals surface area contributed by atoms with E-state index < -0.39 is 11.6 Å². The number of urea groups is 1. The van der Waals surface area contributed by atoms with Crippen LogP contribution in [-0.4, -0.2) is 22.4 Å². The van der Waals surface area contributed by atoms with Crippen molar-refractivity contribution in [2.45, 2.75) is 50.6 Å². The quantitative estimate of drug-likeness (QED) is 0.851. The van der Waals surface area contributed by atoms with E-state index in [2.05, 4.69) is 5.32 Å². The Hall–Kier alpha value is -1.91. The Morgan fingerprint density at radius 3 is 2.43 bits per heavy atom. The molecule has 1 aliphatic heterocycles. The van der Waals surface area contributed by atoms with Crippen LogP contribution in [0.5, 0.6) is 0 Å². The smallest absolute Gasteiger partial charge is 0.305 e. The van der Waals surface area contributed by atoms with Gasteiger partial charge in [0.15, 0.2) is 0 Å². The number of benzene rings is 1. The molecule has 2 fully saturated rings. The minimum atomic E-state index is -0.782. The van der Waals surface area contributed by atoms with Crippen molar-refractivity contribution in [2.75, 3.05) is 0 Å². The summed E-state index contributed by atoms with van der Waals surface area (Å²) in [6.07, 6.45) is 5.34. The van der Waals surface area contributed by atoms with E-state index in [1.54, 1.807) is 23.1 Å². The van der Waals surface area contributed by atoms with Gasteiger partial charge in [0.25, 0.3) is 5.91 Å². The van der Waals surface area contributed by atoms with Crippen LogP contribution in [0.25, 0.3) is 0 Å². The molecular formula is C16H19FN2O2. The van der Waals surface area contributed by atoms with E-state index in [-0.39, 0.29) is 18.3 Å². The lowest BCUT2D eigenvalue weighted by Crippen LogP contribution is -2.49. The van der Waals surface area contributed by atoms with Crippen molar-refractivity contribution in [2.24, 2.45) is 0 Å². The van der Waals surface area contributed by atoms with Crippen molar-refractivity contribution >= 4 is 11.9 Å². The number of rotatable bonds is 2. The molecule has 0 radical (unpaired) electrons. The predicted octanol–water partition coefficient (Wildman–Crippen LogP) is 2.97. The zero-order valence-corrected chi connectivity index (χ0v) is 11.9. The van der Waals surface area contributed by atoms with Crippen molar-refractivity contribution in [1.29, 1.82) is 0 Å². The van der Waals surface area contributed by atoms with Gasteiger partial charge in [0, 0.05) is 5.56 Å². The normalized spacial score (nSPS) is 21.5. The van der Waals surface area contributed by atoms with Crippen molar-refractivity contribution < 1.29 is 14.0 Å². The van der Waals surface area contributed by atoms with Crippen LogP contribution < -0.4 is 5.32 Å². The highest BCUT2D eigenvalue weighted by molar-refractivity contribution is 6.07. The second-order valence-corrected chi connectivity index (χ2v) is 5.88. The molecule has 0 bridgehead atoms. The third-order valence-corrected chi connectivity index (χ3v) is 4.62. The summed E-state index contributed by atoms with van der Waals surface area (Å²) in [5.74, 6) is -0.556. The van der Waals surface area contributed by atoms with E-state index >= 15 is 0 Å². The highest BCUT2D eigenvalue weighted by Gasteiger charge is 2.52. The number of carbonyl (C=O) groups is 2. The lowest BCUT2D eigenvalue weighted by molar-refractivity contribution is -0.127. The zero-order chi connectivity index (χ0) is 14.9. The van der Waals surface area contributed by atoms with Crippen LogP contribution in [0.2, 0.25) is 0 Å². The second-order valence-electron chi connectivity index (χ2n) is 5.88. The Morgan fingerprint density at radius 2 is 1.76 bits per heavy atom. The van der Waals surface area contributed by atoms with Crippen LogP contribution in [0, 0.1) is 5.82 Å². The molecule has 0 atom stereocenters. The third kappa shape index (κ3) is 2.41. The van der Waals surface area contributed by atoms with Gasteiger partial charge in [0.05, 0.1) is 6.54 Å². The van der Waals surface area contributed by atoms with Crippen molar-refractivity contribution in [1.82, 2.24) is 10.2 Å². The summed E-state index contributed by atoms with van der Waals surface area (Å²) in [6.45, 7) is 0.143. The average molecular weight is 290 g/mol. The summed E-state index contributed by atoms with van der Waals surface area (Å²) >= 11 is 0. The van der Waals surface area contributed by atoms with E-state index in [0.29, 0.717) is 18.4 Å². The van der Waals surface area contributed by atoms with E-state index in [1.807, 2.05) is 0 Å². The van der Waals surface area contributed by atoms with Gasteiger partial charge in [-0.15, -0.1) is 0 Å². The molecule has 1 saturated carbocycles. The van der Waals surface area contributed by atoms with E-state index in [0.717, 1.165) is 25.7 Å². The maximum absolute atomic E-state index is 13.9. The number of hydrogen-bond acceptors (Lipinski definition) is 2. The van der Waals surface area contributed by atoms with Gasteiger partial charge < -0.3 is 4.90 Å². The lowest BCUT2D eigenvalue weighted by Gasteiger charge is -2.34. The first-order valence-corrected chi connectivity index (χ1v) is 7.50. The Bertz CT molecular complexity index is 565. The fraction of sp³-hybridized carbons (Fsp3) is 0.500. The monoisotopic (exact) mass is 290 g/mol. The fourth-order valence-corrected chi connectivity index (χ4v) is 3.43. The summed E-state index contributed by atoms with van der Waals surface area (Å²) in [7, 11) is 0. The Balaban J connectivity index is 1.92. The molecule has 3 amide bonds. The minimum absolute atomic E-state index is 0.143. The van der Waals surface area contributed by atoms with Gasteiger partial charge in [-0.3, -0.25) is 10.1 Å². The predicted molar refractivity (Wildman–Crippen MR) is 75.9 cm³/mol. The molecule has 1 N–H and O–H groups in total. The molecule has 1 aromatic carbocycles. The molecule has 1 heterocycles. The van der Waals surface area contributed by atoms with Crippen LogP contribution in [0.1, 0.15) is 44.1 Å². The van der Waals surface area contributed by atoms with Crippen LogP contribution in [0.3, 0.4) is 0 Å². The molecule has 112 valence electrons. The summed E-state index contributed by atoms with van der Waals surface area (Å²) in [5.41, 5.74) is -0.332. The van der Waals surface area contributed by atoms with E-state index in [1.165, 1.54) is 6.07 Å². The van der Waals surface area contributed by atoms with Gasteiger partial charge in [-0.05, 0) is 18.9 Å². The molecule has 2 aliphatic rings. The third-order valence-electron chi connectivity index (χ3n) is 4.62. The van der Waals surface area contributed by atoms with Gasteiger partial charge in [0.2, 0.25) is 0 Å². The first kappa shape index (κ1) is 14.0. The number of carbonyl (C=O) groups excluding carboxylic acids is 2. The Labute approximate surface area is 123 Å². The van der Waals surface area contributed by atoms with Crippen LogP contribution >= 0.6 is 0 Å². The summed E-state index contributed by atoms with van der Waals surface area (Å²) in [6, 6.07) is 6.01. The molecule has 1 spiro atoms. The highest BCUT2D eigenvalue weighted by atomic mass is 19.1. The topological polar surface area (TPSA) is 49.4 Å². The maximum Gasteiger partial charge on any atom is 0.325 e. The maximum atomic E-state index is 13.9. The number of amides is 3. The summed E-state index contributed by atoms with van der Waals surface area (Å²) in [4.78, 5) is 26.0. The van der Waals surface area contributed by atoms with E-state index in [4.69, 9.17) is 0 Å². The minimum Gasteiger partial charge on any atom is -0.305 e. The molecule has 3 rings (SSSR count). The number of imide groups is 1. The van der Waals surface area contributed by atoms with Gasteiger partial charge in [0.1, 0.15) is 11.4 Å². The van der Waals surface area contributed by atoms with Gasteiger partial charge in [-0.2, -0.15) is 0 Å². The first-order chi connectivity index (χ1) is 10.1. The number of hydrogen-bond donors (Lipinski definition) is 1. The molecule has 1 aliphatic carbocycles. The molecule has 5 heteroatoms. The van der Waals surface area contributed by atoms with Crippen LogP contribution in [0.15, 0.2) is 24.3 Å². The standard InChI is InChI=1S/C16H19FN2O2/c17-13-8-4-3-7-12(13)11-19-15(21)18-14(20)16(19)9-5-1-2-6-10-16/h3-4,7-8H,1-2,5-6,9-11H2,(H,18,20,21). The fourth-order valence-electron chi connectivity index (χ4n) is 3.43. The van der Waals surface area contributed by atoms with Gasteiger partial charge >= 0.3 is 6.03 Å². The van der Waals surface area contributed by atoms with Gasteiger partial charge in [-0.25, -0.2) is 9.18 Å². The SMILES string of the molecule is O=C1NC(=O)C2(CCCCCC2)N1Cc1ccccc1F. The van der Waals surface area contributed by atoms with Crippen molar-refractivity contribution in [3.8, 4) is 0 Å². The summed E-state index contributed by atoms with van der Waals surface area (Å²) < 4.78 is 13.9.